The first-order valence-corrected chi connectivity index (χ1v) is 12.6. The standard InChI is InChI=1S/C28H27Cl2NO3/c1-16-25(28(33)34-22-4-2-3-5-22)26(18-8-12-21(30)13-9-18)27-23(31-16)14-19(15-24(27)32)17-6-10-20(29)11-7-17/h6-13,19,22,26,31H,2-5,14-15H2,1H3/t19-,26-/m0/s1. The number of rotatable bonds is 4. The number of dihydropyridines is 1. The van der Waals surface area contributed by atoms with E-state index >= 15 is 0 Å². The Morgan fingerprint density at radius 1 is 0.912 bits per heavy atom. The van der Waals surface area contributed by atoms with Gasteiger partial charge >= 0.3 is 5.97 Å². The van der Waals surface area contributed by atoms with Crippen molar-refractivity contribution < 1.29 is 14.3 Å². The van der Waals surface area contributed by atoms with Gasteiger partial charge in [0, 0.05) is 39.4 Å². The highest BCUT2D eigenvalue weighted by Gasteiger charge is 2.42. The normalized spacial score (nSPS) is 23.1. The third kappa shape index (κ3) is 4.54. The number of carbonyl (C=O) groups is 2. The zero-order chi connectivity index (χ0) is 23.8. The molecule has 1 heterocycles. The Hall–Kier alpha value is -2.56. The summed E-state index contributed by atoms with van der Waals surface area (Å²) in [7, 11) is 0. The number of hydrogen-bond donors (Lipinski definition) is 1. The first kappa shape index (κ1) is 23.2. The fraction of sp³-hybridized carbons (Fsp3) is 0.357. The number of hydrogen-bond acceptors (Lipinski definition) is 4. The number of ether oxygens (including phenoxy) is 1. The molecule has 1 fully saturated rings. The van der Waals surface area contributed by atoms with Gasteiger partial charge in [0.1, 0.15) is 6.10 Å². The van der Waals surface area contributed by atoms with Crippen molar-refractivity contribution >= 4 is 35.0 Å². The molecule has 0 radical (unpaired) electrons. The van der Waals surface area contributed by atoms with Gasteiger partial charge in [-0.3, -0.25) is 4.79 Å². The van der Waals surface area contributed by atoms with Crippen molar-refractivity contribution in [1.82, 2.24) is 5.32 Å². The minimum atomic E-state index is -0.471. The van der Waals surface area contributed by atoms with Crippen molar-refractivity contribution in [2.45, 2.75) is 63.4 Å². The van der Waals surface area contributed by atoms with Crippen LogP contribution in [0.3, 0.4) is 0 Å². The molecule has 2 aliphatic carbocycles. The van der Waals surface area contributed by atoms with Gasteiger partial charge in [0.05, 0.1) is 5.57 Å². The van der Waals surface area contributed by atoms with Gasteiger partial charge < -0.3 is 10.1 Å². The van der Waals surface area contributed by atoms with Crippen molar-refractivity contribution in [2.75, 3.05) is 0 Å². The smallest absolute Gasteiger partial charge is 0.337 e. The third-order valence-electron chi connectivity index (χ3n) is 7.17. The second-order valence-corrected chi connectivity index (χ2v) is 10.3. The Bertz CT molecular complexity index is 1180. The lowest BCUT2D eigenvalue weighted by molar-refractivity contribution is -0.144. The number of Topliss-reactive ketones (excluding diaryl/α,β-unsaturated/α-hetero) is 1. The summed E-state index contributed by atoms with van der Waals surface area (Å²) in [5, 5.41) is 4.70. The van der Waals surface area contributed by atoms with Crippen molar-refractivity contribution in [1.29, 1.82) is 0 Å². The minimum absolute atomic E-state index is 0.0484. The quantitative estimate of drug-likeness (QED) is 0.471. The van der Waals surface area contributed by atoms with Crippen LogP contribution in [0.4, 0.5) is 0 Å². The predicted octanol–water partition coefficient (Wildman–Crippen LogP) is 6.84. The van der Waals surface area contributed by atoms with Crippen LogP contribution in [-0.2, 0) is 14.3 Å². The number of halogens is 2. The maximum Gasteiger partial charge on any atom is 0.337 e. The second-order valence-electron chi connectivity index (χ2n) is 9.43. The van der Waals surface area contributed by atoms with Crippen LogP contribution in [-0.4, -0.2) is 17.9 Å². The van der Waals surface area contributed by atoms with E-state index in [-0.39, 0.29) is 23.8 Å². The highest BCUT2D eigenvalue weighted by atomic mass is 35.5. The Balaban J connectivity index is 1.53. The summed E-state index contributed by atoms with van der Waals surface area (Å²) in [5.41, 5.74) is 4.76. The van der Waals surface area contributed by atoms with Crippen molar-refractivity contribution in [2.24, 2.45) is 0 Å². The van der Waals surface area contributed by atoms with Gasteiger partial charge in [-0.05, 0) is 80.3 Å². The molecule has 4 nitrogen and oxygen atoms in total. The van der Waals surface area contributed by atoms with Gasteiger partial charge in [0.25, 0.3) is 0 Å². The maximum atomic E-state index is 13.6. The number of esters is 1. The van der Waals surface area contributed by atoms with Crippen LogP contribution in [0.5, 0.6) is 0 Å². The average molecular weight is 496 g/mol. The number of carbonyl (C=O) groups excluding carboxylic acids is 2. The SMILES string of the molecule is CC1=C(C(=O)OC2CCCC2)[C@H](c2ccc(Cl)cc2)C2=C(C[C@H](c3ccc(Cl)cc3)CC2=O)N1. The minimum Gasteiger partial charge on any atom is -0.459 e. The number of benzene rings is 2. The van der Waals surface area contributed by atoms with Crippen LogP contribution < -0.4 is 5.32 Å². The van der Waals surface area contributed by atoms with E-state index < -0.39 is 5.92 Å². The molecule has 0 saturated heterocycles. The highest BCUT2D eigenvalue weighted by molar-refractivity contribution is 6.30. The van der Waals surface area contributed by atoms with Gasteiger partial charge in [-0.15, -0.1) is 0 Å². The lowest BCUT2D eigenvalue weighted by Gasteiger charge is -2.37. The Morgan fingerprint density at radius 3 is 2.12 bits per heavy atom. The first-order chi connectivity index (χ1) is 16.4. The fourth-order valence-electron chi connectivity index (χ4n) is 5.49. The molecule has 6 heteroatoms. The van der Waals surface area contributed by atoms with Crippen LogP contribution >= 0.6 is 23.2 Å². The molecule has 0 unspecified atom stereocenters. The molecular weight excluding hydrogens is 469 g/mol. The summed E-state index contributed by atoms with van der Waals surface area (Å²) < 4.78 is 5.90. The van der Waals surface area contributed by atoms with E-state index in [1.807, 2.05) is 43.3 Å². The van der Waals surface area contributed by atoms with Gasteiger partial charge in [-0.1, -0.05) is 47.5 Å². The van der Waals surface area contributed by atoms with E-state index in [0.29, 0.717) is 34.0 Å². The third-order valence-corrected chi connectivity index (χ3v) is 7.67. The summed E-state index contributed by atoms with van der Waals surface area (Å²) in [6, 6.07) is 15.1. The summed E-state index contributed by atoms with van der Waals surface area (Å²) >= 11 is 12.2. The molecular formula is C28H27Cl2NO3. The highest BCUT2D eigenvalue weighted by Crippen LogP contribution is 2.46. The zero-order valence-corrected chi connectivity index (χ0v) is 20.6. The molecule has 0 spiro atoms. The molecule has 1 aliphatic heterocycles. The lowest BCUT2D eigenvalue weighted by Crippen LogP contribution is -2.36. The predicted molar refractivity (Wildman–Crippen MR) is 134 cm³/mol. The molecule has 5 rings (SSSR count). The van der Waals surface area contributed by atoms with Gasteiger partial charge in [0.2, 0.25) is 0 Å². The Labute approximate surface area is 210 Å². The van der Waals surface area contributed by atoms with Crippen LogP contribution in [0.15, 0.2) is 71.1 Å². The van der Waals surface area contributed by atoms with Crippen LogP contribution in [0.1, 0.15) is 68.4 Å². The second kappa shape index (κ2) is 9.59. The van der Waals surface area contributed by atoms with E-state index in [1.165, 1.54) is 0 Å². The molecule has 1 saturated carbocycles. The molecule has 1 N–H and O–H groups in total. The van der Waals surface area contributed by atoms with Crippen molar-refractivity contribution in [3.8, 4) is 0 Å². The number of nitrogens with one attached hydrogen (secondary N) is 1. The molecule has 0 amide bonds. The number of allylic oxidation sites excluding steroid dienone is 3. The van der Waals surface area contributed by atoms with E-state index in [0.717, 1.165) is 48.2 Å². The van der Waals surface area contributed by atoms with E-state index in [4.69, 9.17) is 27.9 Å². The monoisotopic (exact) mass is 495 g/mol. The Kier molecular flexibility index (Phi) is 6.54. The van der Waals surface area contributed by atoms with Crippen molar-refractivity contribution in [3.05, 3.63) is 92.2 Å². The van der Waals surface area contributed by atoms with Crippen LogP contribution in [0, 0.1) is 0 Å². The van der Waals surface area contributed by atoms with E-state index in [2.05, 4.69) is 5.32 Å². The summed E-state index contributed by atoms with van der Waals surface area (Å²) in [6.07, 6.45) is 4.97. The maximum absolute atomic E-state index is 13.6. The first-order valence-electron chi connectivity index (χ1n) is 11.9. The molecule has 2 aromatic carbocycles. The molecule has 2 aromatic rings. The summed E-state index contributed by atoms with van der Waals surface area (Å²) in [5.74, 6) is -0.703. The van der Waals surface area contributed by atoms with Crippen molar-refractivity contribution in [3.63, 3.8) is 0 Å². The summed E-state index contributed by atoms with van der Waals surface area (Å²) in [6.45, 7) is 1.90. The molecule has 0 aromatic heterocycles. The van der Waals surface area contributed by atoms with Crippen LogP contribution in [0.2, 0.25) is 10.0 Å². The molecule has 3 aliphatic rings. The zero-order valence-electron chi connectivity index (χ0n) is 19.1. The van der Waals surface area contributed by atoms with Crippen LogP contribution in [0.25, 0.3) is 0 Å². The molecule has 34 heavy (non-hydrogen) atoms. The van der Waals surface area contributed by atoms with E-state index in [9.17, 15) is 9.59 Å². The Morgan fingerprint density at radius 2 is 1.50 bits per heavy atom. The summed E-state index contributed by atoms with van der Waals surface area (Å²) in [4.78, 5) is 27.0. The molecule has 176 valence electrons. The average Bonchev–Trinajstić information content (AvgIpc) is 3.32. The fourth-order valence-corrected chi connectivity index (χ4v) is 5.74. The van der Waals surface area contributed by atoms with Gasteiger partial charge in [0.15, 0.2) is 5.78 Å². The number of ketones is 1. The topological polar surface area (TPSA) is 55.4 Å². The van der Waals surface area contributed by atoms with Gasteiger partial charge in [-0.25, -0.2) is 4.79 Å². The van der Waals surface area contributed by atoms with E-state index in [1.54, 1.807) is 12.1 Å². The molecule has 0 bridgehead atoms. The lowest BCUT2D eigenvalue weighted by atomic mass is 9.72. The largest absolute Gasteiger partial charge is 0.459 e. The molecule has 2 atom stereocenters. The van der Waals surface area contributed by atoms with Gasteiger partial charge in [-0.2, -0.15) is 0 Å².